The molecule has 3 fully saturated rings. The van der Waals surface area contributed by atoms with Gasteiger partial charge in [0.2, 0.25) is 0 Å². The van der Waals surface area contributed by atoms with Crippen molar-refractivity contribution in [3.05, 3.63) is 29.9 Å². The molecule has 0 unspecified atom stereocenters. The minimum atomic E-state index is -0.156. The van der Waals surface area contributed by atoms with Gasteiger partial charge >= 0.3 is 0 Å². The number of hydrogen-bond donors (Lipinski definition) is 3. The van der Waals surface area contributed by atoms with Gasteiger partial charge in [-0.2, -0.15) is 0 Å². The Balaban J connectivity index is 1.16. The Morgan fingerprint density at radius 3 is 2.94 bits per heavy atom. The number of carbonyl (C=O) groups excluding carboxylic acids is 1. The maximum Gasteiger partial charge on any atom is 0.260 e. The fourth-order valence-electron chi connectivity index (χ4n) is 7.60. The first kappa shape index (κ1) is 22.6. The molecule has 4 aliphatic rings. The number of aliphatic hydroxyl groups is 1. The summed E-state index contributed by atoms with van der Waals surface area (Å²) >= 11 is 0. The minimum absolute atomic E-state index is 0.0554. The SMILES string of the molecule is C[C@]12CC[C@H]3[C@@H](CCC4=C/C(=N\OCC(=O)NCCc5cnc[nH]5)CC[C@@]43C)[C@@H]1CC[C@@H]2O. The number of aromatic amines is 1. The summed E-state index contributed by atoms with van der Waals surface area (Å²) in [7, 11) is 0. The molecule has 3 N–H and O–H groups in total. The number of nitrogens with one attached hydrogen (secondary N) is 2. The summed E-state index contributed by atoms with van der Waals surface area (Å²) < 4.78 is 0. The molecule has 0 aromatic carbocycles. The lowest BCUT2D eigenvalue weighted by Crippen LogP contribution is -2.51. The fraction of sp³-hybridized carbons (Fsp3) is 0.731. The van der Waals surface area contributed by atoms with Crippen LogP contribution in [0.1, 0.15) is 70.9 Å². The number of rotatable bonds is 6. The quantitative estimate of drug-likeness (QED) is 0.570. The van der Waals surface area contributed by atoms with Crippen molar-refractivity contribution in [2.75, 3.05) is 13.2 Å². The molecule has 3 saturated carbocycles. The number of fused-ring (bicyclic) bond motifs is 5. The second-order valence-corrected chi connectivity index (χ2v) is 11.2. The number of hydrogen-bond acceptors (Lipinski definition) is 5. The van der Waals surface area contributed by atoms with Gasteiger partial charge < -0.3 is 20.2 Å². The predicted molar refractivity (Wildman–Crippen MR) is 126 cm³/mol. The Kier molecular flexibility index (Phi) is 6.10. The molecule has 180 valence electrons. The first-order valence-corrected chi connectivity index (χ1v) is 12.7. The van der Waals surface area contributed by atoms with Gasteiger partial charge in [-0.3, -0.25) is 4.79 Å². The summed E-state index contributed by atoms with van der Waals surface area (Å²) in [6.45, 7) is 5.30. The molecule has 0 bridgehead atoms. The van der Waals surface area contributed by atoms with Gasteiger partial charge in [0.1, 0.15) is 0 Å². The van der Waals surface area contributed by atoms with Crippen molar-refractivity contribution >= 4 is 11.6 Å². The van der Waals surface area contributed by atoms with Crippen LogP contribution in [0.4, 0.5) is 0 Å². The third kappa shape index (κ3) is 4.13. The lowest BCUT2D eigenvalue weighted by Gasteiger charge is -2.57. The van der Waals surface area contributed by atoms with E-state index in [9.17, 15) is 9.90 Å². The number of oxime groups is 1. The fourth-order valence-corrected chi connectivity index (χ4v) is 7.60. The van der Waals surface area contributed by atoms with Crippen LogP contribution in [-0.4, -0.2) is 45.9 Å². The van der Waals surface area contributed by atoms with Crippen molar-refractivity contribution in [1.82, 2.24) is 15.3 Å². The number of H-pyrrole nitrogens is 1. The molecular weight excluding hydrogens is 416 g/mol. The molecule has 0 radical (unpaired) electrons. The number of allylic oxidation sites excluding steroid dienone is 2. The van der Waals surface area contributed by atoms with Crippen LogP contribution in [-0.2, 0) is 16.1 Å². The summed E-state index contributed by atoms with van der Waals surface area (Å²) in [4.78, 5) is 24.4. The molecular formula is C26H38N4O3. The average molecular weight is 455 g/mol. The van der Waals surface area contributed by atoms with Gasteiger partial charge in [-0.05, 0) is 86.0 Å². The van der Waals surface area contributed by atoms with E-state index in [-0.39, 0.29) is 29.4 Å². The molecule has 7 heteroatoms. The van der Waals surface area contributed by atoms with Gasteiger partial charge in [0.15, 0.2) is 6.61 Å². The largest absolute Gasteiger partial charge is 0.393 e. The predicted octanol–water partition coefficient (Wildman–Crippen LogP) is 3.76. The van der Waals surface area contributed by atoms with Gasteiger partial charge in [-0.15, -0.1) is 0 Å². The van der Waals surface area contributed by atoms with Crippen LogP contribution in [0.2, 0.25) is 0 Å². The van der Waals surface area contributed by atoms with Crippen LogP contribution >= 0.6 is 0 Å². The molecule has 1 aromatic heterocycles. The lowest BCUT2D eigenvalue weighted by atomic mass is 9.47. The van der Waals surface area contributed by atoms with Gasteiger partial charge in [-0.1, -0.05) is 24.6 Å². The molecule has 5 rings (SSSR count). The van der Waals surface area contributed by atoms with Gasteiger partial charge in [-0.25, -0.2) is 4.98 Å². The van der Waals surface area contributed by atoms with E-state index >= 15 is 0 Å². The van der Waals surface area contributed by atoms with E-state index in [4.69, 9.17) is 4.84 Å². The smallest absolute Gasteiger partial charge is 0.260 e. The van der Waals surface area contributed by atoms with Crippen molar-refractivity contribution in [2.45, 2.75) is 77.7 Å². The molecule has 1 amide bonds. The first-order chi connectivity index (χ1) is 15.9. The Morgan fingerprint density at radius 2 is 2.12 bits per heavy atom. The molecule has 6 atom stereocenters. The lowest BCUT2D eigenvalue weighted by molar-refractivity contribution is -0.125. The Labute approximate surface area is 196 Å². The highest BCUT2D eigenvalue weighted by Gasteiger charge is 2.58. The van der Waals surface area contributed by atoms with Crippen LogP contribution in [0, 0.1) is 28.6 Å². The highest BCUT2D eigenvalue weighted by molar-refractivity contribution is 5.96. The summed E-state index contributed by atoms with van der Waals surface area (Å²) in [6.07, 6.45) is 15.2. The Morgan fingerprint density at radius 1 is 1.24 bits per heavy atom. The van der Waals surface area contributed by atoms with Crippen molar-refractivity contribution in [3.8, 4) is 0 Å². The third-order valence-electron chi connectivity index (χ3n) is 9.58. The number of aromatic nitrogens is 2. The van der Waals surface area contributed by atoms with Gasteiger partial charge in [0, 0.05) is 24.9 Å². The molecule has 0 spiro atoms. The Bertz CT molecular complexity index is 926. The molecule has 7 nitrogen and oxygen atoms in total. The van der Waals surface area contributed by atoms with Crippen LogP contribution in [0.3, 0.4) is 0 Å². The molecule has 1 heterocycles. The van der Waals surface area contributed by atoms with Crippen molar-refractivity contribution < 1.29 is 14.7 Å². The van der Waals surface area contributed by atoms with Crippen LogP contribution < -0.4 is 5.32 Å². The number of carbonyl (C=O) groups is 1. The second-order valence-electron chi connectivity index (χ2n) is 11.2. The number of amides is 1. The van der Waals surface area contributed by atoms with Crippen molar-refractivity contribution in [3.63, 3.8) is 0 Å². The van der Waals surface area contributed by atoms with E-state index in [1.54, 1.807) is 12.5 Å². The van der Waals surface area contributed by atoms with Crippen molar-refractivity contribution in [2.24, 2.45) is 33.7 Å². The highest BCUT2D eigenvalue weighted by Crippen LogP contribution is 2.65. The van der Waals surface area contributed by atoms with Crippen LogP contribution in [0.15, 0.2) is 29.3 Å². The minimum Gasteiger partial charge on any atom is -0.393 e. The Hall–Kier alpha value is -2.15. The summed E-state index contributed by atoms with van der Waals surface area (Å²) in [6, 6.07) is 0. The van der Waals surface area contributed by atoms with Crippen LogP contribution in [0.5, 0.6) is 0 Å². The zero-order valence-electron chi connectivity index (χ0n) is 20.0. The maximum absolute atomic E-state index is 12.0. The van der Waals surface area contributed by atoms with E-state index in [0.717, 1.165) is 49.4 Å². The van der Waals surface area contributed by atoms with E-state index in [1.165, 1.54) is 24.8 Å². The monoisotopic (exact) mass is 454 g/mol. The van der Waals surface area contributed by atoms with E-state index in [2.05, 4.69) is 40.4 Å². The van der Waals surface area contributed by atoms with Crippen molar-refractivity contribution in [1.29, 1.82) is 0 Å². The molecule has 0 saturated heterocycles. The molecule has 0 aliphatic heterocycles. The maximum atomic E-state index is 12.0. The topological polar surface area (TPSA) is 99.6 Å². The number of aliphatic hydroxyl groups excluding tert-OH is 1. The zero-order valence-corrected chi connectivity index (χ0v) is 20.0. The highest BCUT2D eigenvalue weighted by atomic mass is 16.6. The molecule has 33 heavy (non-hydrogen) atoms. The van der Waals surface area contributed by atoms with Gasteiger partial charge in [0.05, 0.1) is 18.1 Å². The van der Waals surface area contributed by atoms with E-state index in [1.807, 2.05) is 0 Å². The third-order valence-corrected chi connectivity index (χ3v) is 9.58. The van der Waals surface area contributed by atoms with Crippen LogP contribution in [0.25, 0.3) is 0 Å². The number of nitrogens with zero attached hydrogens (tertiary/aromatic N) is 2. The zero-order chi connectivity index (χ0) is 23.1. The summed E-state index contributed by atoms with van der Waals surface area (Å²) in [5.74, 6) is 1.97. The first-order valence-electron chi connectivity index (χ1n) is 12.7. The standard InChI is InChI=1S/C26H38N4O3/c1-25-10-7-18(30-33-15-24(32)28-12-9-19-14-27-16-29-19)13-17(25)3-4-20-21-5-6-23(31)26(21,2)11-8-22(20)25/h13-14,16,20-23,31H,3-12,15H2,1-2H3,(H,27,29)(H,28,32)/b30-18-/t20-,21-,22-,23-,25-,26-/m0/s1. The average Bonchev–Trinajstić information content (AvgIpc) is 3.42. The molecule has 1 aromatic rings. The number of imidazole rings is 1. The second kappa shape index (κ2) is 8.90. The summed E-state index contributed by atoms with van der Waals surface area (Å²) in [5, 5.41) is 17.8. The van der Waals surface area contributed by atoms with E-state index in [0.29, 0.717) is 24.8 Å². The van der Waals surface area contributed by atoms with Gasteiger partial charge in [0.25, 0.3) is 5.91 Å². The van der Waals surface area contributed by atoms with E-state index < -0.39 is 0 Å². The summed E-state index contributed by atoms with van der Waals surface area (Å²) in [5.41, 5.74) is 3.84. The normalized spacial score (nSPS) is 38.8. The molecule has 4 aliphatic carbocycles.